The van der Waals surface area contributed by atoms with Crippen LogP contribution in [0.3, 0.4) is 0 Å². The lowest BCUT2D eigenvalue weighted by molar-refractivity contribution is 0.0425. The lowest BCUT2D eigenvalue weighted by Crippen LogP contribution is -2.56. The van der Waals surface area contributed by atoms with Gasteiger partial charge in [0.05, 0.1) is 11.3 Å². The number of likely N-dealkylation sites (tertiary alicyclic amines) is 1. The van der Waals surface area contributed by atoms with Gasteiger partial charge in [-0.05, 0) is 43.5 Å². The van der Waals surface area contributed by atoms with Crippen molar-refractivity contribution < 1.29 is 14.0 Å². The molecule has 2 heterocycles. The topological polar surface area (TPSA) is 74.3 Å². The standard InChI is InChI=1S/C22H25FN4O2/c23-18-7-3-4-8-19(18)26-22(29)20-10-9-15(13-24-20)21(28)25-14-17-11-12-27(17)16-5-1-2-6-16/h3-4,7-10,13,16-17H,1-2,5-6,11-12,14H2,(H,25,28)(H,26,29). The Morgan fingerprint density at radius 3 is 2.52 bits per heavy atom. The Hall–Kier alpha value is -2.80. The molecule has 2 aromatic rings. The van der Waals surface area contributed by atoms with E-state index in [9.17, 15) is 14.0 Å². The number of benzene rings is 1. The molecule has 1 aliphatic carbocycles. The fourth-order valence-electron chi connectivity index (χ4n) is 4.12. The first kappa shape index (κ1) is 19.5. The smallest absolute Gasteiger partial charge is 0.274 e. The normalized spacial score (nSPS) is 19.6. The van der Waals surface area contributed by atoms with E-state index in [1.807, 2.05) is 0 Å². The molecule has 1 unspecified atom stereocenters. The van der Waals surface area contributed by atoms with Gasteiger partial charge in [0.1, 0.15) is 11.5 Å². The van der Waals surface area contributed by atoms with E-state index in [4.69, 9.17) is 0 Å². The number of nitrogens with zero attached hydrogens (tertiary/aromatic N) is 2. The maximum Gasteiger partial charge on any atom is 0.274 e. The summed E-state index contributed by atoms with van der Waals surface area (Å²) in [6, 6.07) is 10.1. The van der Waals surface area contributed by atoms with E-state index in [1.165, 1.54) is 50.1 Å². The maximum atomic E-state index is 13.7. The van der Waals surface area contributed by atoms with Gasteiger partial charge in [-0.3, -0.25) is 19.5 Å². The van der Waals surface area contributed by atoms with Crippen LogP contribution in [-0.2, 0) is 0 Å². The van der Waals surface area contributed by atoms with E-state index in [0.717, 1.165) is 13.0 Å². The molecule has 1 aliphatic heterocycles. The first-order chi connectivity index (χ1) is 14.1. The van der Waals surface area contributed by atoms with Crippen molar-refractivity contribution in [2.24, 2.45) is 0 Å². The number of amides is 2. The van der Waals surface area contributed by atoms with Crippen molar-refractivity contribution in [1.82, 2.24) is 15.2 Å². The van der Waals surface area contributed by atoms with Gasteiger partial charge >= 0.3 is 0 Å². The Balaban J connectivity index is 1.30. The van der Waals surface area contributed by atoms with Gasteiger partial charge < -0.3 is 10.6 Å². The molecule has 1 saturated heterocycles. The van der Waals surface area contributed by atoms with Crippen LogP contribution >= 0.6 is 0 Å². The second kappa shape index (κ2) is 8.69. The molecule has 2 fully saturated rings. The van der Waals surface area contributed by atoms with Gasteiger partial charge in [0.2, 0.25) is 0 Å². The van der Waals surface area contributed by atoms with Crippen molar-refractivity contribution in [2.45, 2.75) is 44.2 Å². The molecule has 1 aromatic carbocycles. The summed E-state index contributed by atoms with van der Waals surface area (Å²) in [6.07, 6.45) is 7.65. The second-order valence-corrected chi connectivity index (χ2v) is 7.69. The molecular formula is C22H25FN4O2. The van der Waals surface area contributed by atoms with Crippen LogP contribution in [0.2, 0.25) is 0 Å². The monoisotopic (exact) mass is 396 g/mol. The zero-order valence-electron chi connectivity index (χ0n) is 16.2. The zero-order chi connectivity index (χ0) is 20.2. The van der Waals surface area contributed by atoms with Crippen LogP contribution in [-0.4, -0.2) is 46.9 Å². The average molecular weight is 396 g/mol. The Labute approximate surface area is 169 Å². The highest BCUT2D eigenvalue weighted by atomic mass is 19.1. The van der Waals surface area contributed by atoms with E-state index >= 15 is 0 Å². The number of hydrogen-bond acceptors (Lipinski definition) is 4. The lowest BCUT2D eigenvalue weighted by Gasteiger charge is -2.45. The number of carbonyl (C=O) groups is 2. The third-order valence-electron chi connectivity index (χ3n) is 5.86. The van der Waals surface area contributed by atoms with Gasteiger partial charge in [0.15, 0.2) is 0 Å². The summed E-state index contributed by atoms with van der Waals surface area (Å²) in [7, 11) is 0. The molecular weight excluding hydrogens is 371 g/mol. The Morgan fingerprint density at radius 1 is 1.07 bits per heavy atom. The Bertz CT molecular complexity index is 881. The van der Waals surface area contributed by atoms with Gasteiger partial charge in [-0.25, -0.2) is 4.39 Å². The van der Waals surface area contributed by atoms with Gasteiger partial charge in [0, 0.05) is 31.4 Å². The van der Waals surface area contributed by atoms with Crippen molar-refractivity contribution >= 4 is 17.5 Å². The molecule has 1 aromatic heterocycles. The molecule has 1 saturated carbocycles. The average Bonchev–Trinajstić information content (AvgIpc) is 3.23. The van der Waals surface area contributed by atoms with Crippen LogP contribution in [0.5, 0.6) is 0 Å². The van der Waals surface area contributed by atoms with Crippen LogP contribution in [0.4, 0.5) is 10.1 Å². The molecule has 7 heteroatoms. The minimum atomic E-state index is -0.524. The molecule has 0 bridgehead atoms. The largest absolute Gasteiger partial charge is 0.350 e. The van der Waals surface area contributed by atoms with E-state index < -0.39 is 11.7 Å². The van der Waals surface area contributed by atoms with Gasteiger partial charge in [-0.2, -0.15) is 0 Å². The molecule has 1 atom stereocenters. The van der Waals surface area contributed by atoms with E-state index in [0.29, 0.717) is 24.2 Å². The van der Waals surface area contributed by atoms with Crippen LogP contribution in [0.1, 0.15) is 53.0 Å². The van der Waals surface area contributed by atoms with Gasteiger partial charge in [0.25, 0.3) is 11.8 Å². The molecule has 29 heavy (non-hydrogen) atoms. The summed E-state index contributed by atoms with van der Waals surface area (Å²) in [5.41, 5.74) is 0.615. The first-order valence-electron chi connectivity index (χ1n) is 10.2. The Kier molecular flexibility index (Phi) is 5.85. The summed E-state index contributed by atoms with van der Waals surface area (Å²) >= 11 is 0. The minimum Gasteiger partial charge on any atom is -0.350 e. The number of carbonyl (C=O) groups excluding carboxylic acids is 2. The first-order valence-corrected chi connectivity index (χ1v) is 10.2. The number of rotatable bonds is 6. The fraction of sp³-hybridized carbons (Fsp3) is 0.409. The summed E-state index contributed by atoms with van der Waals surface area (Å²) in [5.74, 6) is -1.24. The minimum absolute atomic E-state index is 0.0911. The van der Waals surface area contributed by atoms with Crippen LogP contribution in [0.15, 0.2) is 42.6 Å². The van der Waals surface area contributed by atoms with Crippen molar-refractivity contribution in [3.05, 3.63) is 59.7 Å². The summed E-state index contributed by atoms with van der Waals surface area (Å²) in [6.45, 7) is 1.75. The number of aromatic nitrogens is 1. The molecule has 6 nitrogen and oxygen atoms in total. The van der Waals surface area contributed by atoms with E-state index in [2.05, 4.69) is 20.5 Å². The Morgan fingerprint density at radius 2 is 1.86 bits per heavy atom. The summed E-state index contributed by atoms with van der Waals surface area (Å²) < 4.78 is 13.7. The number of nitrogens with one attached hydrogen (secondary N) is 2. The lowest BCUT2D eigenvalue weighted by atomic mass is 9.98. The number of halogens is 1. The van der Waals surface area contributed by atoms with Crippen LogP contribution in [0.25, 0.3) is 0 Å². The number of anilines is 1. The summed E-state index contributed by atoms with van der Waals surface area (Å²) in [4.78, 5) is 31.2. The van der Waals surface area contributed by atoms with Crippen LogP contribution < -0.4 is 10.6 Å². The third kappa shape index (κ3) is 4.45. The van der Waals surface area contributed by atoms with Crippen LogP contribution in [0, 0.1) is 5.82 Å². The molecule has 0 radical (unpaired) electrons. The predicted octanol–water partition coefficient (Wildman–Crippen LogP) is 3.22. The predicted molar refractivity (Wildman–Crippen MR) is 108 cm³/mol. The highest BCUT2D eigenvalue weighted by Crippen LogP contribution is 2.30. The number of para-hydroxylation sites is 1. The number of hydrogen-bond donors (Lipinski definition) is 2. The van der Waals surface area contributed by atoms with Crippen molar-refractivity contribution in [3.8, 4) is 0 Å². The quantitative estimate of drug-likeness (QED) is 0.786. The van der Waals surface area contributed by atoms with Gasteiger partial charge in [-0.15, -0.1) is 0 Å². The highest BCUT2D eigenvalue weighted by molar-refractivity contribution is 6.03. The third-order valence-corrected chi connectivity index (χ3v) is 5.86. The zero-order valence-corrected chi connectivity index (χ0v) is 16.2. The molecule has 4 rings (SSSR count). The van der Waals surface area contributed by atoms with Gasteiger partial charge in [-0.1, -0.05) is 25.0 Å². The van der Waals surface area contributed by atoms with E-state index in [-0.39, 0.29) is 17.3 Å². The molecule has 2 amide bonds. The maximum absolute atomic E-state index is 13.7. The second-order valence-electron chi connectivity index (χ2n) is 7.69. The fourth-order valence-corrected chi connectivity index (χ4v) is 4.12. The van der Waals surface area contributed by atoms with Crippen molar-refractivity contribution in [1.29, 1.82) is 0 Å². The molecule has 152 valence electrons. The molecule has 2 aliphatic rings. The number of pyridine rings is 1. The molecule has 0 spiro atoms. The molecule has 2 N–H and O–H groups in total. The highest BCUT2D eigenvalue weighted by Gasteiger charge is 2.35. The van der Waals surface area contributed by atoms with E-state index in [1.54, 1.807) is 18.2 Å². The van der Waals surface area contributed by atoms with Crippen molar-refractivity contribution in [2.75, 3.05) is 18.4 Å². The van der Waals surface area contributed by atoms with Crippen molar-refractivity contribution in [3.63, 3.8) is 0 Å². The summed E-state index contributed by atoms with van der Waals surface area (Å²) in [5, 5.41) is 5.46. The SMILES string of the molecule is O=C(NCC1CCN1C1CCCC1)c1ccc(C(=O)Nc2ccccc2F)nc1.